The van der Waals surface area contributed by atoms with E-state index in [1.807, 2.05) is 0 Å². The Balaban J connectivity index is 2.11. The van der Waals surface area contributed by atoms with Gasteiger partial charge in [0.15, 0.2) is 0 Å². The van der Waals surface area contributed by atoms with Crippen molar-refractivity contribution in [1.82, 2.24) is 9.55 Å². The van der Waals surface area contributed by atoms with Gasteiger partial charge in [0, 0.05) is 23.0 Å². The van der Waals surface area contributed by atoms with Gasteiger partial charge in [0.1, 0.15) is 18.1 Å². The summed E-state index contributed by atoms with van der Waals surface area (Å²) >= 11 is 0. The fraction of sp³-hybridized carbons (Fsp3) is 0.235. The van der Waals surface area contributed by atoms with Crippen molar-refractivity contribution in [1.29, 1.82) is 0 Å². The Kier molecular flexibility index (Phi) is 4.49. The van der Waals surface area contributed by atoms with Crippen LogP contribution in [0.2, 0.25) is 0 Å². The number of nitrogens with two attached hydrogens (primary N) is 2. The normalized spacial score (nSPS) is 16.7. The number of allylic oxidation sites excluding steroid dienone is 1. The molecule has 0 radical (unpaired) electrons. The number of carboxylic acid groups (broad SMARTS) is 1. The van der Waals surface area contributed by atoms with Crippen LogP contribution >= 0.6 is 0 Å². The smallest absolute Gasteiger partial charge is 0.323 e. The first-order valence-corrected chi connectivity index (χ1v) is 7.89. The van der Waals surface area contributed by atoms with E-state index in [2.05, 4.69) is 9.98 Å². The molecule has 0 amide bonds. The molecule has 0 saturated carbocycles. The molecule has 1 aliphatic heterocycles. The number of nitrogen functional groups attached to an aromatic ring is 1. The van der Waals surface area contributed by atoms with E-state index in [4.69, 9.17) is 16.6 Å². The number of aliphatic hydroxyl groups is 1. The van der Waals surface area contributed by atoms with Crippen LogP contribution < -0.4 is 11.5 Å². The molecule has 9 heteroatoms. The second kappa shape index (κ2) is 6.62. The lowest BCUT2D eigenvalue weighted by Crippen LogP contribution is -2.27. The second-order valence-corrected chi connectivity index (χ2v) is 6.02. The Labute approximate surface area is 148 Å². The number of nitrogens with zero attached hydrogens (tertiary/aromatic N) is 3. The number of aromatic nitrogens is 2. The minimum atomic E-state index is -1.17. The van der Waals surface area contributed by atoms with Crippen molar-refractivity contribution in [3.8, 4) is 5.88 Å². The number of aliphatic hydroxyl groups excluding tert-OH is 1. The van der Waals surface area contributed by atoms with Crippen molar-refractivity contribution in [2.75, 3.05) is 5.73 Å². The zero-order valence-corrected chi connectivity index (χ0v) is 14.0. The molecule has 1 aromatic heterocycles. The van der Waals surface area contributed by atoms with Gasteiger partial charge in [0.2, 0.25) is 5.88 Å². The number of rotatable bonds is 5. The van der Waals surface area contributed by atoms with Gasteiger partial charge >= 0.3 is 5.97 Å². The molecule has 136 valence electrons. The lowest BCUT2D eigenvalue weighted by molar-refractivity contribution is -0.137. The van der Waals surface area contributed by atoms with Gasteiger partial charge in [-0.25, -0.2) is 4.98 Å². The molecule has 0 saturated heterocycles. The molecular formula is C17H19N5O4. The first-order chi connectivity index (χ1) is 12.3. The quantitative estimate of drug-likeness (QED) is 0.497. The standard InChI is InChI=1S/C17H19N5O4/c1-8(23)15(19)16-21-12(17(26)22(16)7-13(24)25)5-9-6-20-11-4-2-3-10(18)14(9)11/h2-6,8,15,23,26H,7,18-19H2,1H3,(H,24,25). The summed E-state index contributed by atoms with van der Waals surface area (Å²) in [6.07, 6.45) is 2.16. The van der Waals surface area contributed by atoms with Crippen LogP contribution in [0.4, 0.5) is 11.4 Å². The summed E-state index contributed by atoms with van der Waals surface area (Å²) in [5, 5.41) is 29.2. The van der Waals surface area contributed by atoms with E-state index >= 15 is 0 Å². The Hall–Kier alpha value is -3.17. The number of benzene rings is 1. The predicted molar refractivity (Wildman–Crippen MR) is 97.0 cm³/mol. The van der Waals surface area contributed by atoms with Gasteiger partial charge in [0.05, 0.1) is 17.8 Å². The Morgan fingerprint density at radius 3 is 2.81 bits per heavy atom. The summed E-state index contributed by atoms with van der Waals surface area (Å²) in [4.78, 5) is 19.6. The highest BCUT2D eigenvalue weighted by Crippen LogP contribution is 2.37. The van der Waals surface area contributed by atoms with Gasteiger partial charge in [-0.3, -0.25) is 14.4 Å². The molecular weight excluding hydrogens is 338 g/mol. The number of carbonyl (C=O) groups is 1. The minimum Gasteiger partial charge on any atom is -0.493 e. The van der Waals surface area contributed by atoms with Crippen molar-refractivity contribution in [3.05, 3.63) is 35.3 Å². The summed E-state index contributed by atoms with van der Waals surface area (Å²) in [5.41, 5.74) is 14.6. The maximum absolute atomic E-state index is 11.1. The maximum Gasteiger partial charge on any atom is 0.323 e. The molecule has 0 fully saturated rings. The van der Waals surface area contributed by atoms with Crippen LogP contribution in [0, 0.1) is 0 Å². The number of carboxylic acids is 1. The van der Waals surface area contributed by atoms with Gasteiger partial charge in [0.25, 0.3) is 0 Å². The zero-order chi connectivity index (χ0) is 19.0. The lowest BCUT2D eigenvalue weighted by Gasteiger charge is -2.15. The van der Waals surface area contributed by atoms with Crippen LogP contribution in [0.5, 0.6) is 5.88 Å². The van der Waals surface area contributed by atoms with E-state index in [-0.39, 0.29) is 17.4 Å². The van der Waals surface area contributed by atoms with Crippen LogP contribution in [-0.2, 0) is 11.3 Å². The Morgan fingerprint density at radius 1 is 1.42 bits per heavy atom. The van der Waals surface area contributed by atoms with Crippen LogP contribution in [0.3, 0.4) is 0 Å². The van der Waals surface area contributed by atoms with E-state index in [1.165, 1.54) is 6.92 Å². The molecule has 3 rings (SSSR count). The third-order valence-corrected chi connectivity index (χ3v) is 4.11. The van der Waals surface area contributed by atoms with Crippen molar-refractivity contribution in [2.45, 2.75) is 25.6 Å². The highest BCUT2D eigenvalue weighted by atomic mass is 16.4. The Bertz CT molecular complexity index is 929. The monoisotopic (exact) mass is 357 g/mol. The number of fused-ring (bicyclic) bond motifs is 1. The van der Waals surface area contributed by atoms with Gasteiger partial charge in [-0.15, -0.1) is 0 Å². The fourth-order valence-electron chi connectivity index (χ4n) is 2.78. The van der Waals surface area contributed by atoms with Gasteiger partial charge < -0.3 is 26.8 Å². The van der Waals surface area contributed by atoms with Gasteiger partial charge in [-0.1, -0.05) is 6.07 Å². The zero-order valence-electron chi connectivity index (χ0n) is 14.0. The average Bonchev–Trinajstić information content (AvgIpc) is 3.11. The van der Waals surface area contributed by atoms with Crippen molar-refractivity contribution in [3.63, 3.8) is 0 Å². The summed E-state index contributed by atoms with van der Waals surface area (Å²) in [6, 6.07) is 4.37. The number of aliphatic imine (C=N–C) groups is 1. The molecule has 2 heterocycles. The number of hydrogen-bond donors (Lipinski definition) is 5. The summed E-state index contributed by atoms with van der Waals surface area (Å²) in [6.45, 7) is 0.921. The fourth-order valence-corrected chi connectivity index (χ4v) is 2.78. The molecule has 0 spiro atoms. The topological polar surface area (TPSA) is 160 Å². The molecule has 2 unspecified atom stereocenters. The molecule has 1 aromatic carbocycles. The molecule has 0 bridgehead atoms. The highest BCUT2D eigenvalue weighted by molar-refractivity contribution is 6.23. The van der Waals surface area contributed by atoms with Gasteiger partial charge in [-0.05, 0) is 25.1 Å². The Morgan fingerprint density at radius 2 is 2.15 bits per heavy atom. The van der Waals surface area contributed by atoms with E-state index < -0.39 is 24.7 Å². The van der Waals surface area contributed by atoms with E-state index in [0.29, 0.717) is 22.5 Å². The predicted octanol–water partition coefficient (Wildman–Crippen LogP) is 0.893. The van der Waals surface area contributed by atoms with Crippen LogP contribution in [-0.4, -0.2) is 43.2 Å². The lowest BCUT2D eigenvalue weighted by atomic mass is 10.0. The van der Waals surface area contributed by atoms with Gasteiger partial charge in [-0.2, -0.15) is 0 Å². The highest BCUT2D eigenvalue weighted by Gasteiger charge is 2.25. The van der Waals surface area contributed by atoms with E-state index in [0.717, 1.165) is 4.57 Å². The summed E-state index contributed by atoms with van der Waals surface area (Å²) in [5.74, 6) is -1.46. The van der Waals surface area contributed by atoms with Crippen molar-refractivity contribution in [2.24, 2.45) is 10.7 Å². The number of aromatic hydroxyl groups is 1. The molecule has 0 aliphatic carbocycles. The molecule has 26 heavy (non-hydrogen) atoms. The summed E-state index contributed by atoms with van der Waals surface area (Å²) in [7, 11) is 0. The number of hydrogen-bond acceptors (Lipinski definition) is 7. The molecule has 2 atom stereocenters. The van der Waals surface area contributed by atoms with E-state index in [1.54, 1.807) is 30.5 Å². The largest absolute Gasteiger partial charge is 0.493 e. The summed E-state index contributed by atoms with van der Waals surface area (Å²) < 4.78 is 1.06. The molecule has 2 aromatic rings. The second-order valence-electron chi connectivity index (χ2n) is 6.02. The minimum absolute atomic E-state index is 0.0722. The molecule has 9 nitrogen and oxygen atoms in total. The average molecular weight is 357 g/mol. The van der Waals surface area contributed by atoms with Crippen LogP contribution in [0.25, 0.3) is 11.6 Å². The van der Waals surface area contributed by atoms with Crippen molar-refractivity contribution >= 4 is 35.2 Å². The van der Waals surface area contributed by atoms with Crippen LogP contribution in [0.15, 0.2) is 23.2 Å². The SMILES string of the molecule is CC(O)C(N)c1nc(C=C2C=Nc3cccc(N)c32)c(O)n1CC(=O)O. The third-order valence-electron chi connectivity index (χ3n) is 4.11. The number of imidazole rings is 1. The van der Waals surface area contributed by atoms with Crippen molar-refractivity contribution < 1.29 is 20.1 Å². The maximum atomic E-state index is 11.1. The molecule has 7 N–H and O–H groups in total. The first-order valence-electron chi connectivity index (χ1n) is 7.89. The molecule has 1 aliphatic rings. The third kappa shape index (κ3) is 3.05. The number of anilines is 1. The van der Waals surface area contributed by atoms with Crippen LogP contribution in [0.1, 0.15) is 30.0 Å². The van der Waals surface area contributed by atoms with E-state index in [9.17, 15) is 15.0 Å². The number of aliphatic carboxylic acids is 1. The first kappa shape index (κ1) is 17.6.